The van der Waals surface area contributed by atoms with Crippen LogP contribution in [0.3, 0.4) is 0 Å². The quantitative estimate of drug-likeness (QED) is 0.226. The lowest BCUT2D eigenvalue weighted by atomic mass is 10.1. The maximum Gasteiger partial charge on any atom is 0.240 e. The molecule has 160 valence electrons. The smallest absolute Gasteiger partial charge is 0.240 e. The molecule has 1 unspecified atom stereocenters. The lowest BCUT2D eigenvalue weighted by Gasteiger charge is -2.14. The minimum Gasteiger partial charge on any atom is -0.388 e. The van der Waals surface area contributed by atoms with Gasteiger partial charge in [-0.25, -0.2) is 18.1 Å². The summed E-state index contributed by atoms with van der Waals surface area (Å²) in [6.45, 7) is 3.55. The van der Waals surface area contributed by atoms with Crippen molar-refractivity contribution in [1.82, 2.24) is 15.4 Å². The third kappa shape index (κ3) is 8.29. The average molecular weight is 532 g/mol. The van der Waals surface area contributed by atoms with Gasteiger partial charge in [-0.3, -0.25) is 0 Å². The fourth-order valence-corrected chi connectivity index (χ4v) is 3.41. The van der Waals surface area contributed by atoms with E-state index in [9.17, 15) is 13.5 Å². The zero-order valence-electron chi connectivity index (χ0n) is 16.6. The number of sulfonamides is 1. The Bertz CT molecular complexity index is 876. The molecule has 1 atom stereocenters. The van der Waals surface area contributed by atoms with Crippen LogP contribution in [0.25, 0.3) is 0 Å². The summed E-state index contributed by atoms with van der Waals surface area (Å²) in [5, 5.41) is 16.6. The van der Waals surface area contributed by atoms with E-state index in [0.29, 0.717) is 32.0 Å². The SMILES string of the molecule is CCNC(=NCc1cccc(S(=O)(=O)NC)c1)NCCC(O)c1ccccc1.I. The van der Waals surface area contributed by atoms with Crippen molar-refractivity contribution < 1.29 is 13.5 Å². The molecule has 0 aliphatic heterocycles. The Labute approximate surface area is 190 Å². The Morgan fingerprint density at radius 3 is 2.48 bits per heavy atom. The van der Waals surface area contributed by atoms with Crippen LogP contribution in [0.4, 0.5) is 0 Å². The van der Waals surface area contributed by atoms with Gasteiger partial charge in [0.15, 0.2) is 5.96 Å². The van der Waals surface area contributed by atoms with E-state index in [4.69, 9.17) is 0 Å². The average Bonchev–Trinajstić information content (AvgIpc) is 2.72. The molecule has 0 spiro atoms. The Morgan fingerprint density at radius 2 is 1.83 bits per heavy atom. The number of benzene rings is 2. The van der Waals surface area contributed by atoms with E-state index in [0.717, 1.165) is 11.1 Å². The van der Waals surface area contributed by atoms with Gasteiger partial charge in [-0.2, -0.15) is 0 Å². The lowest BCUT2D eigenvalue weighted by Crippen LogP contribution is -2.38. The second-order valence-electron chi connectivity index (χ2n) is 6.19. The number of aliphatic hydroxyl groups is 1. The number of aliphatic imine (C=N–C) groups is 1. The zero-order chi connectivity index (χ0) is 20.4. The minimum atomic E-state index is -3.48. The molecule has 0 bridgehead atoms. The Balaban J connectivity index is 0.00000420. The molecule has 0 aromatic heterocycles. The lowest BCUT2D eigenvalue weighted by molar-refractivity contribution is 0.168. The second kappa shape index (κ2) is 12.8. The van der Waals surface area contributed by atoms with Gasteiger partial charge < -0.3 is 15.7 Å². The van der Waals surface area contributed by atoms with Crippen molar-refractivity contribution in [2.45, 2.75) is 30.9 Å². The van der Waals surface area contributed by atoms with Crippen molar-refractivity contribution in [3.8, 4) is 0 Å². The molecular formula is C20H29IN4O3S. The fraction of sp³-hybridized carbons (Fsp3) is 0.350. The molecule has 29 heavy (non-hydrogen) atoms. The molecule has 0 heterocycles. The zero-order valence-corrected chi connectivity index (χ0v) is 19.8. The van der Waals surface area contributed by atoms with Gasteiger partial charge in [0.05, 0.1) is 17.5 Å². The summed E-state index contributed by atoms with van der Waals surface area (Å²) >= 11 is 0. The van der Waals surface area contributed by atoms with Crippen molar-refractivity contribution in [2.75, 3.05) is 20.1 Å². The van der Waals surface area contributed by atoms with E-state index >= 15 is 0 Å². The summed E-state index contributed by atoms with van der Waals surface area (Å²) in [5.74, 6) is 0.615. The standard InChI is InChI=1S/C20H28N4O3S.HI/c1-3-22-20(23-13-12-19(25)17-9-5-4-6-10-17)24-15-16-8-7-11-18(14-16)28(26,27)21-2;/h4-11,14,19,21,25H,3,12-13,15H2,1-2H3,(H2,22,23,24);1H. The molecule has 0 fully saturated rings. The number of halogens is 1. The van der Waals surface area contributed by atoms with Gasteiger partial charge in [0.2, 0.25) is 10.0 Å². The van der Waals surface area contributed by atoms with Gasteiger partial charge in [0, 0.05) is 13.1 Å². The van der Waals surface area contributed by atoms with Gasteiger partial charge in [0.1, 0.15) is 0 Å². The van der Waals surface area contributed by atoms with Crippen LogP contribution >= 0.6 is 24.0 Å². The molecular weight excluding hydrogens is 503 g/mol. The molecule has 2 aromatic carbocycles. The van der Waals surface area contributed by atoms with E-state index < -0.39 is 16.1 Å². The number of nitrogens with one attached hydrogen (secondary N) is 3. The molecule has 0 aliphatic rings. The van der Waals surface area contributed by atoms with E-state index in [1.54, 1.807) is 18.2 Å². The third-order valence-electron chi connectivity index (χ3n) is 4.14. The summed E-state index contributed by atoms with van der Waals surface area (Å²) in [7, 11) is -2.09. The number of guanidine groups is 1. The highest BCUT2D eigenvalue weighted by Gasteiger charge is 2.11. The van der Waals surface area contributed by atoms with Crippen LogP contribution in [0, 0.1) is 0 Å². The van der Waals surface area contributed by atoms with Crippen LogP contribution in [-0.4, -0.2) is 39.6 Å². The van der Waals surface area contributed by atoms with Gasteiger partial charge >= 0.3 is 0 Å². The predicted molar refractivity (Wildman–Crippen MR) is 127 cm³/mol. The molecule has 0 saturated carbocycles. The van der Waals surface area contributed by atoms with E-state index in [1.165, 1.54) is 7.05 Å². The second-order valence-corrected chi connectivity index (χ2v) is 8.08. The highest BCUT2D eigenvalue weighted by molar-refractivity contribution is 14.0. The van der Waals surface area contributed by atoms with Gasteiger partial charge in [0.25, 0.3) is 0 Å². The number of aliphatic hydroxyl groups excluding tert-OH is 1. The van der Waals surface area contributed by atoms with Crippen molar-refractivity contribution in [2.24, 2.45) is 4.99 Å². The number of rotatable bonds is 9. The van der Waals surface area contributed by atoms with E-state index in [2.05, 4.69) is 20.3 Å². The van der Waals surface area contributed by atoms with Crippen molar-refractivity contribution in [3.63, 3.8) is 0 Å². The maximum absolute atomic E-state index is 11.9. The first-order valence-corrected chi connectivity index (χ1v) is 10.7. The summed E-state index contributed by atoms with van der Waals surface area (Å²) in [5.41, 5.74) is 1.67. The number of hydrogen-bond donors (Lipinski definition) is 4. The van der Waals surface area contributed by atoms with Gasteiger partial charge in [-0.1, -0.05) is 42.5 Å². The molecule has 9 heteroatoms. The third-order valence-corrected chi connectivity index (χ3v) is 5.55. The molecule has 4 N–H and O–H groups in total. The van der Waals surface area contributed by atoms with Crippen LogP contribution < -0.4 is 15.4 Å². The van der Waals surface area contributed by atoms with Crippen molar-refractivity contribution >= 4 is 40.0 Å². The Kier molecular flexibility index (Phi) is 11.2. The predicted octanol–water partition coefficient (Wildman–Crippen LogP) is 2.39. The maximum atomic E-state index is 11.9. The summed E-state index contributed by atoms with van der Waals surface area (Å²) in [6.07, 6.45) is 0.00430. The number of nitrogens with zero attached hydrogens (tertiary/aromatic N) is 1. The first-order chi connectivity index (χ1) is 13.5. The molecule has 0 radical (unpaired) electrons. The molecule has 0 saturated heterocycles. The minimum absolute atomic E-state index is 0. The normalized spacial score (nSPS) is 12.7. The van der Waals surface area contributed by atoms with E-state index in [-0.39, 0.29) is 28.9 Å². The number of hydrogen-bond acceptors (Lipinski definition) is 4. The topological polar surface area (TPSA) is 103 Å². The molecule has 2 aromatic rings. The van der Waals surface area contributed by atoms with Gasteiger partial charge in [-0.15, -0.1) is 24.0 Å². The van der Waals surface area contributed by atoms with Crippen molar-refractivity contribution in [3.05, 3.63) is 65.7 Å². The molecule has 0 amide bonds. The van der Waals surface area contributed by atoms with Crippen molar-refractivity contribution in [1.29, 1.82) is 0 Å². The molecule has 7 nitrogen and oxygen atoms in total. The fourth-order valence-electron chi connectivity index (χ4n) is 2.61. The first kappa shape index (κ1) is 25.3. The van der Waals surface area contributed by atoms with Crippen LogP contribution in [0.1, 0.15) is 30.6 Å². The van der Waals surface area contributed by atoms with Crippen LogP contribution in [0.15, 0.2) is 64.5 Å². The monoisotopic (exact) mass is 532 g/mol. The summed E-state index contributed by atoms with van der Waals surface area (Å²) in [6, 6.07) is 16.2. The van der Waals surface area contributed by atoms with Gasteiger partial charge in [-0.05, 0) is 43.7 Å². The van der Waals surface area contributed by atoms with Crippen LogP contribution in [0.5, 0.6) is 0 Å². The summed E-state index contributed by atoms with van der Waals surface area (Å²) in [4.78, 5) is 4.71. The largest absolute Gasteiger partial charge is 0.388 e. The highest BCUT2D eigenvalue weighted by atomic mass is 127. The van der Waals surface area contributed by atoms with E-state index in [1.807, 2.05) is 43.3 Å². The molecule has 2 rings (SSSR count). The highest BCUT2D eigenvalue weighted by Crippen LogP contribution is 2.15. The Hall–Kier alpha value is -1.69. The summed E-state index contributed by atoms with van der Waals surface area (Å²) < 4.78 is 26.2. The first-order valence-electron chi connectivity index (χ1n) is 9.24. The Morgan fingerprint density at radius 1 is 1.10 bits per heavy atom. The van der Waals surface area contributed by atoms with Crippen LogP contribution in [0.2, 0.25) is 0 Å². The van der Waals surface area contributed by atoms with Crippen LogP contribution in [-0.2, 0) is 16.6 Å². The molecule has 0 aliphatic carbocycles.